The lowest BCUT2D eigenvalue weighted by atomic mass is 10.1. The Morgan fingerprint density at radius 3 is 2.45 bits per heavy atom. The van der Waals surface area contributed by atoms with Crippen LogP contribution in [0.2, 0.25) is 5.02 Å². The van der Waals surface area contributed by atoms with Gasteiger partial charge in [-0.05, 0) is 35.9 Å². The van der Waals surface area contributed by atoms with E-state index in [1.807, 2.05) is 6.07 Å². The third-order valence-electron chi connectivity index (χ3n) is 2.95. The molecule has 2 aromatic carbocycles. The lowest BCUT2D eigenvalue weighted by molar-refractivity contribution is -0.138. The van der Waals surface area contributed by atoms with Gasteiger partial charge in [0, 0.05) is 12.2 Å². The van der Waals surface area contributed by atoms with E-state index in [1.54, 1.807) is 0 Å². The summed E-state index contributed by atoms with van der Waals surface area (Å²) in [7, 11) is 0. The van der Waals surface area contributed by atoms with Crippen molar-refractivity contribution < 1.29 is 17.6 Å². The maximum absolute atomic E-state index is 13.0. The monoisotopic (exact) mass is 328 g/mol. The van der Waals surface area contributed by atoms with Gasteiger partial charge in [0.2, 0.25) is 0 Å². The Hall–Kier alpha value is -2.26. The van der Waals surface area contributed by atoms with Crippen LogP contribution in [0.5, 0.6) is 0 Å². The van der Waals surface area contributed by atoms with Crippen LogP contribution >= 0.6 is 11.6 Å². The number of halogens is 5. The highest BCUT2D eigenvalue weighted by Gasteiger charge is 2.33. The Kier molecular flexibility index (Phi) is 4.57. The fourth-order valence-electron chi connectivity index (χ4n) is 1.88. The maximum Gasteiger partial charge on any atom is 0.416 e. The normalized spacial score (nSPS) is 11.1. The van der Waals surface area contributed by atoms with Gasteiger partial charge in [0.1, 0.15) is 11.9 Å². The molecule has 0 radical (unpaired) electrons. The van der Waals surface area contributed by atoms with Crippen molar-refractivity contribution in [1.82, 2.24) is 0 Å². The van der Waals surface area contributed by atoms with Crippen LogP contribution in [0, 0.1) is 17.1 Å². The van der Waals surface area contributed by atoms with Crippen LogP contribution in [-0.2, 0) is 12.7 Å². The SMILES string of the molecule is N#Cc1ccc(NCc2ccc(F)cc2C(F)(F)F)cc1Cl. The summed E-state index contributed by atoms with van der Waals surface area (Å²) in [5.74, 6) is -0.947. The second kappa shape index (κ2) is 6.24. The first kappa shape index (κ1) is 16.1. The molecule has 0 bridgehead atoms. The zero-order valence-corrected chi connectivity index (χ0v) is 11.8. The van der Waals surface area contributed by atoms with Crippen LogP contribution in [0.4, 0.5) is 23.2 Å². The van der Waals surface area contributed by atoms with Crippen LogP contribution in [0.15, 0.2) is 36.4 Å². The van der Waals surface area contributed by atoms with Gasteiger partial charge in [-0.1, -0.05) is 17.7 Å². The number of anilines is 1. The zero-order chi connectivity index (χ0) is 16.3. The Balaban J connectivity index is 2.22. The molecule has 0 aliphatic rings. The molecule has 0 unspecified atom stereocenters. The van der Waals surface area contributed by atoms with Crippen molar-refractivity contribution in [3.63, 3.8) is 0 Å². The number of nitrogens with one attached hydrogen (secondary N) is 1. The second-order valence-electron chi connectivity index (χ2n) is 4.46. The third-order valence-corrected chi connectivity index (χ3v) is 3.26. The van der Waals surface area contributed by atoms with E-state index in [0.717, 1.165) is 12.1 Å². The molecular formula is C15H9ClF4N2. The molecule has 0 atom stereocenters. The first-order valence-electron chi connectivity index (χ1n) is 6.10. The molecule has 0 aromatic heterocycles. The van der Waals surface area contributed by atoms with Gasteiger partial charge in [-0.3, -0.25) is 0 Å². The highest BCUT2D eigenvalue weighted by Crippen LogP contribution is 2.33. The molecule has 7 heteroatoms. The third kappa shape index (κ3) is 3.68. The highest BCUT2D eigenvalue weighted by molar-refractivity contribution is 6.32. The summed E-state index contributed by atoms with van der Waals surface area (Å²) in [6, 6.07) is 8.82. The molecule has 0 aliphatic heterocycles. The summed E-state index contributed by atoms with van der Waals surface area (Å²) in [6.07, 6.45) is -4.64. The fourth-order valence-corrected chi connectivity index (χ4v) is 2.10. The quantitative estimate of drug-likeness (QED) is 0.806. The summed E-state index contributed by atoms with van der Waals surface area (Å²) in [6.45, 7) is -0.155. The average molecular weight is 329 g/mol. The summed E-state index contributed by atoms with van der Waals surface area (Å²) in [5, 5.41) is 11.7. The number of benzene rings is 2. The largest absolute Gasteiger partial charge is 0.416 e. The van der Waals surface area contributed by atoms with Gasteiger partial charge < -0.3 is 5.32 Å². The van der Waals surface area contributed by atoms with Crippen LogP contribution in [0.25, 0.3) is 0 Å². The molecule has 0 saturated carbocycles. The Bertz CT molecular complexity index is 735. The molecule has 22 heavy (non-hydrogen) atoms. The zero-order valence-electron chi connectivity index (χ0n) is 11.0. The Morgan fingerprint density at radius 1 is 1.14 bits per heavy atom. The highest BCUT2D eigenvalue weighted by atomic mass is 35.5. The van der Waals surface area contributed by atoms with Gasteiger partial charge >= 0.3 is 6.18 Å². The van der Waals surface area contributed by atoms with E-state index in [2.05, 4.69) is 5.32 Å². The molecule has 0 heterocycles. The molecule has 2 aromatic rings. The Labute approximate surface area is 128 Å². The topological polar surface area (TPSA) is 35.8 Å². The molecule has 0 amide bonds. The van der Waals surface area contributed by atoms with Crippen LogP contribution in [-0.4, -0.2) is 0 Å². The van der Waals surface area contributed by atoms with Crippen molar-refractivity contribution in [2.75, 3.05) is 5.32 Å². The van der Waals surface area contributed by atoms with Gasteiger partial charge in [-0.25, -0.2) is 4.39 Å². The summed E-state index contributed by atoms with van der Waals surface area (Å²) >= 11 is 5.84. The van der Waals surface area contributed by atoms with E-state index >= 15 is 0 Å². The number of rotatable bonds is 3. The standard InChI is InChI=1S/C15H9ClF4N2/c16-14-6-12(4-2-9(14)7-21)22-8-10-1-3-11(17)5-13(10)15(18,19)20/h1-6,22H,8H2. The molecule has 1 N–H and O–H groups in total. The molecule has 0 fully saturated rings. The van der Waals surface area contributed by atoms with E-state index in [1.165, 1.54) is 18.2 Å². The molecule has 2 rings (SSSR count). The maximum atomic E-state index is 13.0. The summed E-state index contributed by atoms with van der Waals surface area (Å²) in [5.41, 5.74) is -0.388. The first-order valence-corrected chi connectivity index (χ1v) is 6.48. The average Bonchev–Trinajstić information content (AvgIpc) is 2.45. The van der Waals surface area contributed by atoms with Crippen LogP contribution in [0.1, 0.15) is 16.7 Å². The van der Waals surface area contributed by atoms with Gasteiger partial charge in [0.15, 0.2) is 0 Å². The van der Waals surface area contributed by atoms with Crippen LogP contribution < -0.4 is 5.32 Å². The molecule has 114 valence electrons. The van der Waals surface area contributed by atoms with Crippen molar-refractivity contribution in [3.05, 3.63) is 63.9 Å². The molecule has 2 nitrogen and oxygen atoms in total. The van der Waals surface area contributed by atoms with E-state index in [-0.39, 0.29) is 22.7 Å². The predicted octanol–water partition coefficient (Wildman–Crippen LogP) is 4.98. The van der Waals surface area contributed by atoms with E-state index < -0.39 is 17.6 Å². The van der Waals surface area contributed by atoms with E-state index in [4.69, 9.17) is 16.9 Å². The lowest BCUT2D eigenvalue weighted by Gasteiger charge is -2.14. The Morgan fingerprint density at radius 2 is 1.86 bits per heavy atom. The molecule has 0 spiro atoms. The fraction of sp³-hybridized carbons (Fsp3) is 0.133. The number of nitriles is 1. The van der Waals surface area contributed by atoms with E-state index in [9.17, 15) is 17.6 Å². The van der Waals surface area contributed by atoms with Gasteiger partial charge in [-0.15, -0.1) is 0 Å². The minimum absolute atomic E-state index is 0.0885. The lowest BCUT2D eigenvalue weighted by Crippen LogP contribution is -2.12. The summed E-state index contributed by atoms with van der Waals surface area (Å²) < 4.78 is 51.6. The number of hydrogen-bond acceptors (Lipinski definition) is 2. The van der Waals surface area contributed by atoms with Gasteiger partial charge in [-0.2, -0.15) is 18.4 Å². The van der Waals surface area contributed by atoms with Crippen molar-refractivity contribution in [1.29, 1.82) is 5.26 Å². The summed E-state index contributed by atoms with van der Waals surface area (Å²) in [4.78, 5) is 0. The minimum Gasteiger partial charge on any atom is -0.381 e. The second-order valence-corrected chi connectivity index (χ2v) is 4.87. The molecule has 0 saturated heterocycles. The number of nitrogens with zero attached hydrogens (tertiary/aromatic N) is 1. The van der Waals surface area contributed by atoms with Gasteiger partial charge in [0.25, 0.3) is 0 Å². The van der Waals surface area contributed by atoms with Crippen molar-refractivity contribution in [2.45, 2.75) is 12.7 Å². The minimum atomic E-state index is -4.64. The van der Waals surface area contributed by atoms with Crippen molar-refractivity contribution in [3.8, 4) is 6.07 Å². The van der Waals surface area contributed by atoms with E-state index in [0.29, 0.717) is 11.8 Å². The molecule has 0 aliphatic carbocycles. The number of hydrogen-bond donors (Lipinski definition) is 1. The first-order chi connectivity index (χ1) is 10.3. The van der Waals surface area contributed by atoms with Gasteiger partial charge in [0.05, 0.1) is 16.1 Å². The number of alkyl halides is 3. The van der Waals surface area contributed by atoms with Crippen molar-refractivity contribution in [2.24, 2.45) is 0 Å². The molecular weight excluding hydrogens is 320 g/mol. The van der Waals surface area contributed by atoms with Crippen LogP contribution in [0.3, 0.4) is 0 Å². The van der Waals surface area contributed by atoms with Crippen molar-refractivity contribution >= 4 is 17.3 Å². The predicted molar refractivity (Wildman–Crippen MR) is 74.9 cm³/mol. The smallest absolute Gasteiger partial charge is 0.381 e.